The predicted molar refractivity (Wildman–Crippen MR) is 90.0 cm³/mol. The van der Waals surface area contributed by atoms with Gasteiger partial charge in [0, 0.05) is 16.6 Å². The first-order chi connectivity index (χ1) is 11.3. The molecule has 2 N–H and O–H groups in total. The minimum Gasteiger partial charge on any atom is -0.326 e. The SMILES string of the molecule is O=C(Nc1cccc(NS(=O)(=O)c2ccc(Cl)cc2F)c1)C1CC1. The molecule has 1 saturated carbocycles. The highest BCUT2D eigenvalue weighted by Crippen LogP contribution is 2.30. The molecular weight excluding hydrogens is 355 g/mol. The second-order valence-corrected chi connectivity index (χ2v) is 7.61. The van der Waals surface area contributed by atoms with Crippen molar-refractivity contribution in [1.29, 1.82) is 0 Å². The number of amides is 1. The molecule has 126 valence electrons. The second-order valence-electron chi connectivity index (χ2n) is 5.52. The number of sulfonamides is 1. The van der Waals surface area contributed by atoms with Gasteiger partial charge in [-0.2, -0.15) is 0 Å². The molecular formula is C16H14ClFN2O3S. The first-order valence-electron chi connectivity index (χ1n) is 7.24. The predicted octanol–water partition coefficient (Wildman–Crippen LogP) is 3.63. The second kappa shape index (κ2) is 6.41. The Labute approximate surface area is 143 Å². The average Bonchev–Trinajstić information content (AvgIpc) is 3.31. The molecule has 1 aliphatic carbocycles. The van der Waals surface area contributed by atoms with Crippen molar-refractivity contribution in [2.45, 2.75) is 17.7 Å². The van der Waals surface area contributed by atoms with Crippen molar-refractivity contribution in [2.75, 3.05) is 10.0 Å². The molecule has 0 bridgehead atoms. The Bertz CT molecular complexity index is 898. The van der Waals surface area contributed by atoms with Gasteiger partial charge in [-0.1, -0.05) is 17.7 Å². The van der Waals surface area contributed by atoms with Crippen molar-refractivity contribution in [3.63, 3.8) is 0 Å². The van der Waals surface area contributed by atoms with Gasteiger partial charge in [0.2, 0.25) is 5.91 Å². The van der Waals surface area contributed by atoms with Crippen LogP contribution in [0.15, 0.2) is 47.4 Å². The topological polar surface area (TPSA) is 75.3 Å². The number of nitrogens with one attached hydrogen (secondary N) is 2. The lowest BCUT2D eigenvalue weighted by Gasteiger charge is -2.11. The third-order valence-electron chi connectivity index (χ3n) is 3.51. The summed E-state index contributed by atoms with van der Waals surface area (Å²) in [7, 11) is -4.11. The molecule has 0 unspecified atom stereocenters. The van der Waals surface area contributed by atoms with E-state index in [2.05, 4.69) is 10.0 Å². The van der Waals surface area contributed by atoms with Gasteiger partial charge in [0.1, 0.15) is 10.7 Å². The summed E-state index contributed by atoms with van der Waals surface area (Å²) in [4.78, 5) is 11.3. The largest absolute Gasteiger partial charge is 0.326 e. The van der Waals surface area contributed by atoms with Gasteiger partial charge in [0.15, 0.2) is 0 Å². The molecule has 1 aliphatic rings. The van der Waals surface area contributed by atoms with Crippen molar-refractivity contribution >= 4 is 38.9 Å². The lowest BCUT2D eigenvalue weighted by Crippen LogP contribution is -2.16. The summed E-state index contributed by atoms with van der Waals surface area (Å²) in [6, 6.07) is 9.57. The molecule has 0 aliphatic heterocycles. The quantitative estimate of drug-likeness (QED) is 0.846. The molecule has 0 spiro atoms. The molecule has 0 radical (unpaired) electrons. The summed E-state index contributed by atoms with van der Waals surface area (Å²) in [6.45, 7) is 0. The van der Waals surface area contributed by atoms with Crippen LogP contribution in [-0.4, -0.2) is 14.3 Å². The molecule has 0 heterocycles. The molecule has 3 rings (SSSR count). The number of rotatable bonds is 5. The van der Waals surface area contributed by atoms with Gasteiger partial charge in [-0.15, -0.1) is 0 Å². The fourth-order valence-electron chi connectivity index (χ4n) is 2.15. The van der Waals surface area contributed by atoms with E-state index in [0.29, 0.717) is 5.69 Å². The van der Waals surface area contributed by atoms with Gasteiger partial charge in [-0.25, -0.2) is 12.8 Å². The summed E-state index contributed by atoms with van der Waals surface area (Å²) in [6.07, 6.45) is 1.74. The fourth-order valence-corrected chi connectivity index (χ4v) is 3.42. The van der Waals surface area contributed by atoms with Crippen molar-refractivity contribution in [3.05, 3.63) is 53.3 Å². The lowest BCUT2D eigenvalue weighted by molar-refractivity contribution is -0.117. The molecule has 1 amide bonds. The molecule has 5 nitrogen and oxygen atoms in total. The third kappa shape index (κ3) is 3.85. The zero-order valence-electron chi connectivity index (χ0n) is 12.4. The van der Waals surface area contributed by atoms with E-state index >= 15 is 0 Å². The van der Waals surface area contributed by atoms with E-state index in [0.717, 1.165) is 25.0 Å². The van der Waals surface area contributed by atoms with Gasteiger partial charge in [0.05, 0.1) is 5.69 Å². The average molecular weight is 369 g/mol. The maximum Gasteiger partial charge on any atom is 0.264 e. The first-order valence-corrected chi connectivity index (χ1v) is 9.10. The highest BCUT2D eigenvalue weighted by atomic mass is 35.5. The van der Waals surface area contributed by atoms with Crippen LogP contribution in [0.4, 0.5) is 15.8 Å². The summed E-state index contributed by atoms with van der Waals surface area (Å²) in [5, 5.41) is 2.83. The maximum absolute atomic E-state index is 13.8. The molecule has 1 fully saturated rings. The van der Waals surface area contributed by atoms with Crippen LogP contribution >= 0.6 is 11.6 Å². The van der Waals surface area contributed by atoms with Crippen molar-refractivity contribution in [3.8, 4) is 0 Å². The summed E-state index contributed by atoms with van der Waals surface area (Å²) in [5.41, 5.74) is 0.696. The number of benzene rings is 2. The van der Waals surface area contributed by atoms with Crippen LogP contribution in [0.1, 0.15) is 12.8 Å². The van der Waals surface area contributed by atoms with Gasteiger partial charge in [-0.05, 0) is 49.2 Å². The van der Waals surface area contributed by atoms with Gasteiger partial charge < -0.3 is 5.32 Å². The van der Waals surface area contributed by atoms with E-state index in [-0.39, 0.29) is 22.5 Å². The van der Waals surface area contributed by atoms with E-state index in [9.17, 15) is 17.6 Å². The Morgan fingerprint density at radius 1 is 1.12 bits per heavy atom. The van der Waals surface area contributed by atoms with E-state index in [4.69, 9.17) is 11.6 Å². The Morgan fingerprint density at radius 3 is 2.50 bits per heavy atom. The third-order valence-corrected chi connectivity index (χ3v) is 5.16. The number of carbonyl (C=O) groups excluding carboxylic acids is 1. The van der Waals surface area contributed by atoms with Crippen LogP contribution in [0.3, 0.4) is 0 Å². The zero-order chi connectivity index (χ0) is 17.3. The summed E-state index contributed by atoms with van der Waals surface area (Å²) >= 11 is 5.63. The normalized spacial score (nSPS) is 14.2. The van der Waals surface area contributed by atoms with E-state index in [1.165, 1.54) is 18.2 Å². The summed E-state index contributed by atoms with van der Waals surface area (Å²) < 4.78 is 40.7. The van der Waals surface area contributed by atoms with Crippen LogP contribution in [-0.2, 0) is 14.8 Å². The number of anilines is 2. The zero-order valence-corrected chi connectivity index (χ0v) is 14.0. The minimum atomic E-state index is -4.11. The Morgan fingerprint density at radius 2 is 1.83 bits per heavy atom. The highest BCUT2D eigenvalue weighted by Gasteiger charge is 2.29. The van der Waals surface area contributed by atoms with Crippen LogP contribution in [0.25, 0.3) is 0 Å². The molecule has 0 aromatic heterocycles. The number of carbonyl (C=O) groups is 1. The van der Waals surface area contributed by atoms with E-state index < -0.39 is 20.7 Å². The van der Waals surface area contributed by atoms with Crippen LogP contribution in [0, 0.1) is 11.7 Å². The van der Waals surface area contributed by atoms with Gasteiger partial charge >= 0.3 is 0 Å². The highest BCUT2D eigenvalue weighted by molar-refractivity contribution is 7.92. The minimum absolute atomic E-state index is 0.0357. The Balaban J connectivity index is 1.80. The van der Waals surface area contributed by atoms with Crippen LogP contribution < -0.4 is 10.0 Å². The van der Waals surface area contributed by atoms with Crippen molar-refractivity contribution in [2.24, 2.45) is 5.92 Å². The van der Waals surface area contributed by atoms with Crippen LogP contribution in [0.5, 0.6) is 0 Å². The molecule has 2 aromatic rings. The smallest absolute Gasteiger partial charge is 0.264 e. The van der Waals surface area contributed by atoms with Crippen molar-refractivity contribution in [1.82, 2.24) is 0 Å². The number of hydrogen-bond acceptors (Lipinski definition) is 3. The van der Waals surface area contributed by atoms with Gasteiger partial charge in [-0.3, -0.25) is 9.52 Å². The van der Waals surface area contributed by atoms with E-state index in [1.54, 1.807) is 12.1 Å². The monoisotopic (exact) mass is 368 g/mol. The number of halogens is 2. The van der Waals surface area contributed by atoms with Gasteiger partial charge in [0.25, 0.3) is 10.0 Å². The Kier molecular flexibility index (Phi) is 4.47. The standard InChI is InChI=1S/C16H14ClFN2O3S/c17-11-6-7-15(14(18)8-11)24(22,23)20-13-3-1-2-12(9-13)19-16(21)10-4-5-10/h1-3,6-10,20H,4-5H2,(H,19,21). The molecule has 0 saturated heterocycles. The first kappa shape index (κ1) is 16.7. The number of hydrogen-bond donors (Lipinski definition) is 2. The van der Waals surface area contributed by atoms with Crippen molar-refractivity contribution < 1.29 is 17.6 Å². The van der Waals surface area contributed by atoms with Crippen LogP contribution in [0.2, 0.25) is 5.02 Å². The molecule has 8 heteroatoms. The molecule has 24 heavy (non-hydrogen) atoms. The van der Waals surface area contributed by atoms with E-state index in [1.807, 2.05) is 0 Å². The maximum atomic E-state index is 13.8. The fraction of sp³-hybridized carbons (Fsp3) is 0.188. The molecule has 0 atom stereocenters. The lowest BCUT2D eigenvalue weighted by atomic mass is 10.2. The Hall–Kier alpha value is -2.12. The molecule has 2 aromatic carbocycles. The summed E-state index contributed by atoms with van der Waals surface area (Å²) in [5.74, 6) is -0.986.